The van der Waals surface area contributed by atoms with E-state index in [1.807, 2.05) is 0 Å². The van der Waals surface area contributed by atoms with Crippen LogP contribution in [0.25, 0.3) is 0 Å². The Labute approximate surface area is 104 Å². The van der Waals surface area contributed by atoms with Gasteiger partial charge in [0.15, 0.2) is 0 Å². The van der Waals surface area contributed by atoms with Gasteiger partial charge in [-0.1, -0.05) is 11.6 Å². The molecular weight excluding hydrogens is 307 g/mol. The highest BCUT2D eigenvalue weighted by molar-refractivity contribution is 9.10. The van der Waals surface area contributed by atoms with Crippen molar-refractivity contribution in [2.75, 3.05) is 7.11 Å². The van der Waals surface area contributed by atoms with Gasteiger partial charge in [-0.3, -0.25) is 9.78 Å². The molecule has 1 heterocycles. The van der Waals surface area contributed by atoms with Crippen LogP contribution in [0.5, 0.6) is 0 Å². The van der Waals surface area contributed by atoms with Crippen molar-refractivity contribution in [3.63, 3.8) is 0 Å². The Kier molecular flexibility index (Phi) is 4.61. The summed E-state index contributed by atoms with van der Waals surface area (Å²) in [7, 11) is 1.21. The van der Waals surface area contributed by atoms with Gasteiger partial charge in [-0.15, -0.1) is 0 Å². The summed E-state index contributed by atoms with van der Waals surface area (Å²) in [5.74, 6) is -0.561. The Morgan fingerprint density at radius 2 is 2.31 bits per heavy atom. The lowest BCUT2D eigenvalue weighted by atomic mass is 10.1. The maximum Gasteiger partial charge on any atom is 0.310 e. The van der Waals surface area contributed by atoms with Crippen LogP contribution in [0, 0.1) is 0 Å². The minimum Gasteiger partial charge on any atom is -0.469 e. The summed E-state index contributed by atoms with van der Waals surface area (Å²) in [5, 5.41) is -0.213. The SMILES string of the molecule is COC(=O)Cc1c(Br)cnc(C(F)F)c1Cl. The molecule has 0 amide bonds. The van der Waals surface area contributed by atoms with Gasteiger partial charge in [-0.2, -0.15) is 0 Å². The number of carbonyl (C=O) groups excluding carboxylic acids is 1. The van der Waals surface area contributed by atoms with E-state index >= 15 is 0 Å². The topological polar surface area (TPSA) is 39.2 Å². The van der Waals surface area contributed by atoms with E-state index in [-0.39, 0.29) is 17.0 Å². The summed E-state index contributed by atoms with van der Waals surface area (Å²) in [6.07, 6.45) is -1.78. The van der Waals surface area contributed by atoms with Gasteiger partial charge in [-0.05, 0) is 21.5 Å². The summed E-state index contributed by atoms with van der Waals surface area (Å²) < 4.78 is 29.8. The molecule has 0 unspecified atom stereocenters. The van der Waals surface area contributed by atoms with E-state index in [1.165, 1.54) is 13.3 Å². The van der Waals surface area contributed by atoms with E-state index < -0.39 is 18.1 Å². The van der Waals surface area contributed by atoms with Crippen molar-refractivity contribution in [3.8, 4) is 0 Å². The van der Waals surface area contributed by atoms with Gasteiger partial charge in [0.2, 0.25) is 0 Å². The zero-order chi connectivity index (χ0) is 12.3. The number of hydrogen-bond donors (Lipinski definition) is 0. The lowest BCUT2D eigenvalue weighted by Gasteiger charge is -2.09. The molecule has 3 nitrogen and oxygen atoms in total. The molecule has 0 radical (unpaired) electrons. The molecule has 0 aromatic carbocycles. The summed E-state index contributed by atoms with van der Waals surface area (Å²) >= 11 is 8.82. The Hall–Kier alpha value is -0.750. The van der Waals surface area contributed by atoms with E-state index in [9.17, 15) is 13.6 Å². The lowest BCUT2D eigenvalue weighted by Crippen LogP contribution is -2.07. The molecule has 7 heteroatoms. The number of methoxy groups -OCH3 is 1. The van der Waals surface area contributed by atoms with E-state index in [0.29, 0.717) is 4.47 Å². The highest BCUT2D eigenvalue weighted by Gasteiger charge is 2.20. The standard InChI is InChI=1S/C9H7BrClF2NO2/c1-16-6(15)2-4-5(10)3-14-8(7(4)11)9(12)13/h3,9H,2H2,1H3. The highest BCUT2D eigenvalue weighted by Crippen LogP contribution is 2.32. The molecule has 0 aliphatic rings. The Morgan fingerprint density at radius 1 is 1.69 bits per heavy atom. The number of pyridine rings is 1. The molecule has 0 aliphatic carbocycles. The second-order valence-corrected chi connectivity index (χ2v) is 4.07. The Bertz CT molecular complexity index is 415. The van der Waals surface area contributed by atoms with Crippen LogP contribution in [0.2, 0.25) is 5.02 Å². The molecular formula is C9H7BrClF2NO2. The third-order valence-electron chi connectivity index (χ3n) is 1.85. The highest BCUT2D eigenvalue weighted by atomic mass is 79.9. The number of ether oxygens (including phenoxy) is 1. The first-order valence-electron chi connectivity index (χ1n) is 4.15. The molecule has 0 saturated heterocycles. The zero-order valence-electron chi connectivity index (χ0n) is 8.14. The van der Waals surface area contributed by atoms with Crippen LogP contribution < -0.4 is 0 Å². The van der Waals surface area contributed by atoms with Crippen LogP contribution in [-0.2, 0) is 16.0 Å². The zero-order valence-corrected chi connectivity index (χ0v) is 10.5. The molecule has 1 rings (SSSR count). The summed E-state index contributed by atoms with van der Waals surface area (Å²) in [6.45, 7) is 0. The van der Waals surface area contributed by atoms with Crippen molar-refractivity contribution in [2.24, 2.45) is 0 Å². The van der Waals surface area contributed by atoms with Gasteiger partial charge >= 0.3 is 5.97 Å². The lowest BCUT2D eigenvalue weighted by molar-refractivity contribution is -0.139. The maximum absolute atomic E-state index is 12.5. The van der Waals surface area contributed by atoms with E-state index in [0.717, 1.165) is 0 Å². The third kappa shape index (κ3) is 2.89. The van der Waals surface area contributed by atoms with Crippen LogP contribution in [0.4, 0.5) is 8.78 Å². The van der Waals surface area contributed by atoms with Crippen molar-refractivity contribution in [1.29, 1.82) is 0 Å². The first-order chi connectivity index (χ1) is 7.47. The normalized spacial score (nSPS) is 10.6. The van der Waals surface area contributed by atoms with Gasteiger partial charge in [0.05, 0.1) is 18.6 Å². The molecule has 0 bridgehead atoms. The molecule has 88 valence electrons. The first-order valence-corrected chi connectivity index (χ1v) is 5.32. The van der Waals surface area contributed by atoms with Crippen molar-refractivity contribution in [2.45, 2.75) is 12.8 Å². The average molecular weight is 315 g/mol. The molecule has 0 N–H and O–H groups in total. The molecule has 16 heavy (non-hydrogen) atoms. The van der Waals surface area contributed by atoms with Crippen molar-refractivity contribution in [1.82, 2.24) is 4.98 Å². The molecule has 0 saturated carbocycles. The van der Waals surface area contributed by atoms with E-state index in [1.54, 1.807) is 0 Å². The predicted octanol–water partition coefficient (Wildman–Crippen LogP) is 3.15. The summed E-state index contributed by atoms with van der Waals surface area (Å²) in [5.41, 5.74) is -0.289. The second kappa shape index (κ2) is 5.54. The van der Waals surface area contributed by atoms with Crippen LogP contribution in [0.15, 0.2) is 10.7 Å². The minimum absolute atomic E-state index is 0.182. The maximum atomic E-state index is 12.5. The number of carbonyl (C=O) groups is 1. The predicted molar refractivity (Wildman–Crippen MR) is 57.6 cm³/mol. The molecule has 0 aliphatic heterocycles. The second-order valence-electron chi connectivity index (χ2n) is 2.84. The first kappa shape index (κ1) is 13.3. The number of hydrogen-bond acceptors (Lipinski definition) is 3. The smallest absolute Gasteiger partial charge is 0.310 e. The van der Waals surface area contributed by atoms with Gasteiger partial charge in [0.1, 0.15) is 5.69 Å². The molecule has 0 fully saturated rings. The van der Waals surface area contributed by atoms with Crippen molar-refractivity contribution in [3.05, 3.63) is 26.9 Å². The van der Waals surface area contributed by atoms with Gasteiger partial charge in [-0.25, -0.2) is 8.78 Å². The molecule has 0 spiro atoms. The number of aromatic nitrogens is 1. The van der Waals surface area contributed by atoms with Crippen LogP contribution in [0.3, 0.4) is 0 Å². The van der Waals surface area contributed by atoms with Gasteiger partial charge < -0.3 is 4.74 Å². The fourth-order valence-electron chi connectivity index (χ4n) is 1.05. The fourth-order valence-corrected chi connectivity index (χ4v) is 1.91. The summed E-state index contributed by atoms with van der Waals surface area (Å²) in [4.78, 5) is 14.5. The molecule has 0 atom stereocenters. The number of rotatable bonds is 3. The Balaban J connectivity index is 3.16. The number of halogens is 4. The number of esters is 1. The number of nitrogens with zero attached hydrogens (tertiary/aromatic N) is 1. The van der Waals surface area contributed by atoms with E-state index in [4.69, 9.17) is 11.6 Å². The monoisotopic (exact) mass is 313 g/mol. The van der Waals surface area contributed by atoms with E-state index in [2.05, 4.69) is 25.7 Å². The largest absolute Gasteiger partial charge is 0.469 e. The Morgan fingerprint density at radius 3 is 2.81 bits per heavy atom. The van der Waals surface area contributed by atoms with Crippen LogP contribution in [-0.4, -0.2) is 18.1 Å². The quantitative estimate of drug-likeness (QED) is 0.805. The molecule has 1 aromatic heterocycles. The van der Waals surface area contributed by atoms with Crippen LogP contribution >= 0.6 is 27.5 Å². The molecule has 1 aromatic rings. The van der Waals surface area contributed by atoms with Gasteiger partial charge in [0, 0.05) is 10.7 Å². The van der Waals surface area contributed by atoms with Crippen molar-refractivity contribution >= 4 is 33.5 Å². The van der Waals surface area contributed by atoms with Crippen LogP contribution in [0.1, 0.15) is 17.7 Å². The minimum atomic E-state index is -2.78. The van der Waals surface area contributed by atoms with Gasteiger partial charge in [0.25, 0.3) is 6.43 Å². The fraction of sp³-hybridized carbons (Fsp3) is 0.333. The number of alkyl halides is 2. The average Bonchev–Trinajstić information content (AvgIpc) is 2.23. The van der Waals surface area contributed by atoms with Crippen molar-refractivity contribution < 1.29 is 18.3 Å². The summed E-state index contributed by atoms with van der Waals surface area (Å²) in [6, 6.07) is 0. The third-order valence-corrected chi connectivity index (χ3v) is 2.96.